The Kier molecular flexibility index (Phi) is 4.95. The number of carbonyl (C=O) groups excluding carboxylic acids is 1. The number of ether oxygens (including phenoxy) is 1. The number of morpholine rings is 1. The van der Waals surface area contributed by atoms with Gasteiger partial charge in [0.25, 0.3) is 0 Å². The van der Waals surface area contributed by atoms with Crippen molar-refractivity contribution in [3.8, 4) is 0 Å². The zero-order valence-corrected chi connectivity index (χ0v) is 11.3. The molecule has 6 heteroatoms. The van der Waals surface area contributed by atoms with Crippen LogP contribution >= 0.6 is 0 Å². The van der Waals surface area contributed by atoms with Crippen molar-refractivity contribution < 1.29 is 19.4 Å². The number of aliphatic carboxylic acids is 1. The van der Waals surface area contributed by atoms with Crippen molar-refractivity contribution in [3.05, 3.63) is 0 Å². The highest BCUT2D eigenvalue weighted by molar-refractivity contribution is 5.82. The van der Waals surface area contributed by atoms with Crippen molar-refractivity contribution in [2.75, 3.05) is 13.1 Å². The summed E-state index contributed by atoms with van der Waals surface area (Å²) in [5, 5.41) is 11.6. The predicted octanol–water partition coefficient (Wildman–Crippen LogP) is 0.914. The first-order valence-corrected chi connectivity index (χ1v) is 6.25. The van der Waals surface area contributed by atoms with Crippen molar-refractivity contribution in [1.29, 1.82) is 0 Å². The van der Waals surface area contributed by atoms with Gasteiger partial charge in [-0.2, -0.15) is 0 Å². The number of nitrogens with zero attached hydrogens (tertiary/aromatic N) is 1. The molecule has 0 saturated carbocycles. The number of amides is 2. The molecule has 1 rings (SSSR count). The van der Waals surface area contributed by atoms with Gasteiger partial charge in [0.05, 0.1) is 12.2 Å². The normalized spacial score (nSPS) is 25.9. The van der Waals surface area contributed by atoms with Crippen LogP contribution < -0.4 is 5.32 Å². The lowest BCUT2D eigenvalue weighted by Gasteiger charge is -2.36. The summed E-state index contributed by atoms with van der Waals surface area (Å²) < 4.78 is 5.53. The van der Waals surface area contributed by atoms with Gasteiger partial charge in [-0.1, -0.05) is 13.8 Å². The molecular formula is C12H22N2O4. The number of urea groups is 1. The standard InChI is InChI=1S/C12H22N2O4/c1-7(2)10(11(15)16)13-12(17)14-5-8(3)18-9(4)6-14/h7-10H,5-6H2,1-4H3,(H,13,17)(H,15,16)/t8?,9?,10-/m0/s1. The van der Waals surface area contributed by atoms with Crippen LogP contribution in [0.4, 0.5) is 4.79 Å². The van der Waals surface area contributed by atoms with Gasteiger partial charge < -0.3 is 20.1 Å². The molecule has 0 aromatic heterocycles. The van der Waals surface area contributed by atoms with E-state index in [0.717, 1.165) is 0 Å². The zero-order chi connectivity index (χ0) is 13.9. The minimum atomic E-state index is -1.01. The minimum absolute atomic E-state index is 0.0261. The zero-order valence-electron chi connectivity index (χ0n) is 11.3. The molecule has 0 bridgehead atoms. The van der Waals surface area contributed by atoms with Crippen molar-refractivity contribution in [1.82, 2.24) is 10.2 Å². The number of carbonyl (C=O) groups is 2. The Labute approximate surface area is 107 Å². The summed E-state index contributed by atoms with van der Waals surface area (Å²) in [7, 11) is 0. The Morgan fingerprint density at radius 1 is 1.28 bits per heavy atom. The minimum Gasteiger partial charge on any atom is -0.480 e. The van der Waals surface area contributed by atoms with Gasteiger partial charge in [-0.05, 0) is 19.8 Å². The van der Waals surface area contributed by atoms with Crippen LogP contribution in [0.2, 0.25) is 0 Å². The highest BCUT2D eigenvalue weighted by Crippen LogP contribution is 2.11. The molecule has 1 aliphatic rings. The molecule has 2 N–H and O–H groups in total. The average molecular weight is 258 g/mol. The smallest absolute Gasteiger partial charge is 0.326 e. The third kappa shape index (κ3) is 3.87. The van der Waals surface area contributed by atoms with E-state index in [0.29, 0.717) is 13.1 Å². The molecule has 6 nitrogen and oxygen atoms in total. The second-order valence-corrected chi connectivity index (χ2v) is 5.17. The molecule has 1 heterocycles. The second kappa shape index (κ2) is 6.04. The number of carboxylic acids is 1. The fourth-order valence-electron chi connectivity index (χ4n) is 2.08. The van der Waals surface area contributed by atoms with Gasteiger partial charge in [0.2, 0.25) is 0 Å². The average Bonchev–Trinajstić information content (AvgIpc) is 2.23. The molecule has 0 aromatic carbocycles. The van der Waals surface area contributed by atoms with E-state index in [1.54, 1.807) is 18.7 Å². The summed E-state index contributed by atoms with van der Waals surface area (Å²) in [5.74, 6) is -1.16. The summed E-state index contributed by atoms with van der Waals surface area (Å²) >= 11 is 0. The topological polar surface area (TPSA) is 78.9 Å². The first kappa shape index (κ1) is 14.8. The van der Waals surface area contributed by atoms with Gasteiger partial charge in [0.1, 0.15) is 6.04 Å². The molecule has 1 aliphatic heterocycles. The van der Waals surface area contributed by atoms with Gasteiger partial charge in [-0.15, -0.1) is 0 Å². The Bertz CT molecular complexity index is 309. The monoisotopic (exact) mass is 258 g/mol. The van der Waals surface area contributed by atoms with Crippen LogP contribution in [0.5, 0.6) is 0 Å². The molecule has 0 aliphatic carbocycles. The van der Waals surface area contributed by atoms with Crippen LogP contribution in [0.3, 0.4) is 0 Å². The van der Waals surface area contributed by atoms with E-state index in [1.807, 2.05) is 13.8 Å². The van der Waals surface area contributed by atoms with Gasteiger partial charge in [-0.3, -0.25) is 0 Å². The summed E-state index contributed by atoms with van der Waals surface area (Å²) in [6.07, 6.45) is -0.0522. The van der Waals surface area contributed by atoms with E-state index in [2.05, 4.69) is 5.32 Å². The molecule has 18 heavy (non-hydrogen) atoms. The number of hydrogen-bond acceptors (Lipinski definition) is 3. The molecule has 0 radical (unpaired) electrons. The highest BCUT2D eigenvalue weighted by atomic mass is 16.5. The number of carboxylic acid groups (broad SMARTS) is 1. The van der Waals surface area contributed by atoms with Crippen molar-refractivity contribution in [3.63, 3.8) is 0 Å². The van der Waals surface area contributed by atoms with Crippen LogP contribution in [0.1, 0.15) is 27.7 Å². The van der Waals surface area contributed by atoms with Crippen LogP contribution in [0, 0.1) is 5.92 Å². The van der Waals surface area contributed by atoms with E-state index in [9.17, 15) is 9.59 Å². The first-order chi connectivity index (χ1) is 8.31. The Hall–Kier alpha value is -1.30. The predicted molar refractivity (Wildman–Crippen MR) is 66.4 cm³/mol. The van der Waals surface area contributed by atoms with Crippen LogP contribution in [0.25, 0.3) is 0 Å². The van der Waals surface area contributed by atoms with Gasteiger partial charge in [0, 0.05) is 13.1 Å². The maximum atomic E-state index is 12.0. The molecule has 1 fully saturated rings. The lowest BCUT2D eigenvalue weighted by molar-refractivity contribution is -0.140. The number of nitrogens with one attached hydrogen (secondary N) is 1. The fraction of sp³-hybridized carbons (Fsp3) is 0.833. The van der Waals surface area contributed by atoms with Crippen LogP contribution in [-0.4, -0.2) is 53.3 Å². The number of rotatable bonds is 3. The van der Waals surface area contributed by atoms with E-state index < -0.39 is 12.0 Å². The van der Waals surface area contributed by atoms with Crippen molar-refractivity contribution >= 4 is 12.0 Å². The Balaban J connectivity index is 2.61. The molecule has 104 valence electrons. The Morgan fingerprint density at radius 2 is 1.78 bits per heavy atom. The number of hydrogen-bond donors (Lipinski definition) is 2. The Morgan fingerprint density at radius 3 is 2.17 bits per heavy atom. The molecule has 0 aromatic rings. The van der Waals surface area contributed by atoms with E-state index in [1.165, 1.54) is 0 Å². The summed E-state index contributed by atoms with van der Waals surface area (Å²) in [6, 6.07) is -1.19. The lowest BCUT2D eigenvalue weighted by atomic mass is 10.1. The van der Waals surface area contributed by atoms with Gasteiger partial charge >= 0.3 is 12.0 Å². The van der Waals surface area contributed by atoms with Gasteiger partial charge in [-0.25, -0.2) is 9.59 Å². The first-order valence-electron chi connectivity index (χ1n) is 6.25. The molecular weight excluding hydrogens is 236 g/mol. The fourth-order valence-corrected chi connectivity index (χ4v) is 2.08. The third-order valence-corrected chi connectivity index (χ3v) is 2.92. The second-order valence-electron chi connectivity index (χ2n) is 5.17. The van der Waals surface area contributed by atoms with E-state index >= 15 is 0 Å². The summed E-state index contributed by atoms with van der Waals surface area (Å²) in [5.41, 5.74) is 0. The molecule has 0 spiro atoms. The van der Waals surface area contributed by atoms with Crippen LogP contribution in [-0.2, 0) is 9.53 Å². The van der Waals surface area contributed by atoms with E-state index in [-0.39, 0.29) is 24.2 Å². The quantitative estimate of drug-likeness (QED) is 0.788. The highest BCUT2D eigenvalue weighted by Gasteiger charge is 2.30. The van der Waals surface area contributed by atoms with Crippen molar-refractivity contribution in [2.45, 2.75) is 45.9 Å². The largest absolute Gasteiger partial charge is 0.480 e. The van der Waals surface area contributed by atoms with Crippen molar-refractivity contribution in [2.24, 2.45) is 5.92 Å². The van der Waals surface area contributed by atoms with E-state index in [4.69, 9.17) is 9.84 Å². The summed E-state index contributed by atoms with van der Waals surface area (Å²) in [4.78, 5) is 24.6. The molecule has 1 saturated heterocycles. The lowest BCUT2D eigenvalue weighted by Crippen LogP contribution is -2.55. The molecule has 3 atom stereocenters. The molecule has 2 unspecified atom stereocenters. The SMILES string of the molecule is CC1CN(C(=O)N[C@H](C(=O)O)C(C)C)CC(C)O1. The maximum absolute atomic E-state index is 12.0. The molecule has 2 amide bonds. The third-order valence-electron chi connectivity index (χ3n) is 2.92. The maximum Gasteiger partial charge on any atom is 0.326 e. The van der Waals surface area contributed by atoms with Gasteiger partial charge in [0.15, 0.2) is 0 Å². The van der Waals surface area contributed by atoms with Crippen LogP contribution in [0.15, 0.2) is 0 Å². The summed E-state index contributed by atoms with van der Waals surface area (Å²) in [6.45, 7) is 8.30.